The molecule has 3 nitrogen and oxygen atoms in total. The van der Waals surface area contributed by atoms with E-state index in [0.717, 1.165) is 11.3 Å². The summed E-state index contributed by atoms with van der Waals surface area (Å²) in [6, 6.07) is 1.61. The van der Waals surface area contributed by atoms with Gasteiger partial charge in [-0.1, -0.05) is 20.8 Å². The van der Waals surface area contributed by atoms with E-state index in [0.29, 0.717) is 5.88 Å². The van der Waals surface area contributed by atoms with Crippen LogP contribution < -0.4 is 5.73 Å². The highest BCUT2D eigenvalue weighted by molar-refractivity contribution is 6.17. The van der Waals surface area contributed by atoms with Crippen LogP contribution in [0.4, 0.5) is 0 Å². The molecule has 78 valence electrons. The van der Waals surface area contributed by atoms with E-state index in [1.807, 2.05) is 20.8 Å². The Bertz CT molecular complexity index is 349. The van der Waals surface area contributed by atoms with Crippen LogP contribution in [0.2, 0.25) is 0 Å². The molecule has 0 aliphatic rings. The van der Waals surface area contributed by atoms with Gasteiger partial charge in [0.2, 0.25) is 0 Å². The van der Waals surface area contributed by atoms with Crippen molar-refractivity contribution >= 4 is 17.5 Å². The van der Waals surface area contributed by atoms with E-state index in [-0.39, 0.29) is 11.2 Å². The largest absolute Gasteiger partial charge is 0.455 e. The topological polar surface area (TPSA) is 56.2 Å². The van der Waals surface area contributed by atoms with Gasteiger partial charge in [-0.15, -0.1) is 11.6 Å². The van der Waals surface area contributed by atoms with Crippen LogP contribution in [0.3, 0.4) is 0 Å². The summed E-state index contributed by atoms with van der Waals surface area (Å²) >= 11 is 5.74. The number of primary amides is 1. The van der Waals surface area contributed by atoms with Crippen LogP contribution in [0.25, 0.3) is 0 Å². The first kappa shape index (κ1) is 11.1. The van der Waals surface area contributed by atoms with Gasteiger partial charge in [0.05, 0.1) is 5.88 Å². The van der Waals surface area contributed by atoms with Crippen molar-refractivity contribution in [2.75, 3.05) is 0 Å². The number of nitrogens with two attached hydrogens (primary N) is 1. The summed E-state index contributed by atoms with van der Waals surface area (Å²) in [7, 11) is 0. The number of hydrogen-bond donors (Lipinski definition) is 1. The minimum atomic E-state index is -0.563. The zero-order valence-corrected chi connectivity index (χ0v) is 9.31. The quantitative estimate of drug-likeness (QED) is 0.771. The van der Waals surface area contributed by atoms with Crippen molar-refractivity contribution in [1.82, 2.24) is 0 Å². The second-order valence-corrected chi connectivity index (χ2v) is 4.48. The highest BCUT2D eigenvalue weighted by Crippen LogP contribution is 2.29. The molecule has 0 aromatic carbocycles. The standard InChI is InChI=1S/C10H14ClNO2/c1-10(2,3)8-6(5-11)4-7(14-8)9(12)13/h4H,5H2,1-3H3,(H2,12,13). The summed E-state index contributed by atoms with van der Waals surface area (Å²) in [5.74, 6) is 0.655. The summed E-state index contributed by atoms with van der Waals surface area (Å²) in [5.41, 5.74) is 5.78. The second-order valence-electron chi connectivity index (χ2n) is 4.21. The van der Waals surface area contributed by atoms with Crippen molar-refractivity contribution < 1.29 is 9.21 Å². The number of rotatable bonds is 2. The van der Waals surface area contributed by atoms with Gasteiger partial charge in [0, 0.05) is 11.0 Å². The molecule has 1 amide bonds. The van der Waals surface area contributed by atoms with Crippen molar-refractivity contribution in [1.29, 1.82) is 0 Å². The molecule has 0 saturated carbocycles. The lowest BCUT2D eigenvalue weighted by atomic mass is 9.91. The van der Waals surface area contributed by atoms with Gasteiger partial charge in [-0.3, -0.25) is 4.79 Å². The Morgan fingerprint density at radius 3 is 2.43 bits per heavy atom. The molecule has 1 aromatic heterocycles. The van der Waals surface area contributed by atoms with Gasteiger partial charge in [0.1, 0.15) is 5.76 Å². The van der Waals surface area contributed by atoms with E-state index >= 15 is 0 Å². The van der Waals surface area contributed by atoms with Crippen LogP contribution in [0.1, 0.15) is 42.6 Å². The fraction of sp³-hybridized carbons (Fsp3) is 0.500. The van der Waals surface area contributed by atoms with E-state index in [9.17, 15) is 4.79 Å². The number of halogens is 1. The van der Waals surface area contributed by atoms with Gasteiger partial charge in [0.25, 0.3) is 5.91 Å². The summed E-state index contributed by atoms with van der Waals surface area (Å²) in [5, 5.41) is 0. The van der Waals surface area contributed by atoms with Crippen molar-refractivity contribution in [2.24, 2.45) is 5.73 Å². The van der Waals surface area contributed by atoms with Gasteiger partial charge >= 0.3 is 0 Å². The zero-order chi connectivity index (χ0) is 10.9. The molecular formula is C10H14ClNO2. The van der Waals surface area contributed by atoms with Gasteiger partial charge in [-0.25, -0.2) is 0 Å². The van der Waals surface area contributed by atoms with E-state index in [2.05, 4.69) is 0 Å². The lowest BCUT2D eigenvalue weighted by Gasteiger charge is -2.16. The van der Waals surface area contributed by atoms with Crippen molar-refractivity contribution in [3.63, 3.8) is 0 Å². The minimum absolute atomic E-state index is 0.169. The predicted octanol–water partition coefficient (Wildman–Crippen LogP) is 2.41. The molecule has 1 rings (SSSR count). The number of carbonyl (C=O) groups is 1. The fourth-order valence-electron chi connectivity index (χ4n) is 1.28. The first-order valence-corrected chi connectivity index (χ1v) is 4.88. The SMILES string of the molecule is CC(C)(C)c1oc(C(N)=O)cc1CCl. The van der Waals surface area contributed by atoms with Crippen LogP contribution >= 0.6 is 11.6 Å². The molecule has 4 heteroatoms. The molecule has 0 saturated heterocycles. The average molecular weight is 216 g/mol. The lowest BCUT2D eigenvalue weighted by molar-refractivity contribution is 0.0970. The summed E-state index contributed by atoms with van der Waals surface area (Å²) in [6.07, 6.45) is 0. The third-order valence-corrected chi connectivity index (χ3v) is 2.16. The van der Waals surface area contributed by atoms with Crippen molar-refractivity contribution in [2.45, 2.75) is 32.1 Å². The minimum Gasteiger partial charge on any atom is -0.455 e. The van der Waals surface area contributed by atoms with Gasteiger partial charge < -0.3 is 10.2 Å². The molecule has 2 N–H and O–H groups in total. The number of hydrogen-bond acceptors (Lipinski definition) is 2. The number of amides is 1. The first-order valence-electron chi connectivity index (χ1n) is 4.35. The van der Waals surface area contributed by atoms with Crippen molar-refractivity contribution in [3.8, 4) is 0 Å². The van der Waals surface area contributed by atoms with E-state index in [4.69, 9.17) is 21.8 Å². The Morgan fingerprint density at radius 2 is 2.14 bits per heavy atom. The monoisotopic (exact) mass is 215 g/mol. The number of carbonyl (C=O) groups excluding carboxylic acids is 1. The Balaban J connectivity index is 3.22. The highest BCUT2D eigenvalue weighted by Gasteiger charge is 2.24. The molecule has 0 aliphatic heterocycles. The van der Waals surface area contributed by atoms with Crippen LogP contribution in [0.5, 0.6) is 0 Å². The maximum absolute atomic E-state index is 10.9. The second kappa shape index (κ2) is 3.65. The molecule has 0 atom stereocenters. The van der Waals surface area contributed by atoms with E-state index in [1.165, 1.54) is 0 Å². The average Bonchev–Trinajstić information content (AvgIpc) is 2.46. The van der Waals surface area contributed by atoms with Crippen LogP contribution in [-0.4, -0.2) is 5.91 Å². The molecule has 1 aromatic rings. The molecule has 0 aliphatic carbocycles. The smallest absolute Gasteiger partial charge is 0.284 e. The molecular weight excluding hydrogens is 202 g/mol. The molecule has 0 bridgehead atoms. The summed E-state index contributed by atoms with van der Waals surface area (Å²) < 4.78 is 5.37. The molecule has 0 fully saturated rings. The van der Waals surface area contributed by atoms with Gasteiger partial charge in [0.15, 0.2) is 5.76 Å². The highest BCUT2D eigenvalue weighted by atomic mass is 35.5. The summed E-state index contributed by atoms with van der Waals surface area (Å²) in [4.78, 5) is 10.9. The molecule has 0 unspecified atom stereocenters. The van der Waals surface area contributed by atoms with Gasteiger partial charge in [-0.2, -0.15) is 0 Å². The maximum atomic E-state index is 10.9. The number of furan rings is 1. The Hall–Kier alpha value is -0.960. The molecule has 0 radical (unpaired) electrons. The Labute approximate surface area is 88.2 Å². The third-order valence-electron chi connectivity index (χ3n) is 1.88. The lowest BCUT2D eigenvalue weighted by Crippen LogP contribution is -2.12. The molecule has 1 heterocycles. The summed E-state index contributed by atoms with van der Waals surface area (Å²) in [6.45, 7) is 5.98. The Morgan fingerprint density at radius 1 is 1.57 bits per heavy atom. The maximum Gasteiger partial charge on any atom is 0.284 e. The van der Waals surface area contributed by atoms with E-state index < -0.39 is 5.91 Å². The normalized spacial score (nSPS) is 11.7. The predicted molar refractivity (Wildman–Crippen MR) is 55.5 cm³/mol. The van der Waals surface area contributed by atoms with Crippen LogP contribution in [0.15, 0.2) is 10.5 Å². The third kappa shape index (κ3) is 2.10. The molecule has 14 heavy (non-hydrogen) atoms. The Kier molecular flexibility index (Phi) is 2.90. The number of alkyl halides is 1. The van der Waals surface area contributed by atoms with E-state index in [1.54, 1.807) is 6.07 Å². The van der Waals surface area contributed by atoms with Crippen molar-refractivity contribution in [3.05, 3.63) is 23.2 Å². The van der Waals surface area contributed by atoms with Crippen LogP contribution in [0, 0.1) is 0 Å². The molecule has 0 spiro atoms. The fourth-order valence-corrected chi connectivity index (χ4v) is 1.48. The first-order chi connectivity index (χ1) is 6.36. The van der Waals surface area contributed by atoms with Gasteiger partial charge in [-0.05, 0) is 6.07 Å². The zero-order valence-electron chi connectivity index (χ0n) is 8.56. The van der Waals surface area contributed by atoms with Crippen LogP contribution in [-0.2, 0) is 11.3 Å².